The zero-order chi connectivity index (χ0) is 23.8. The Labute approximate surface area is 192 Å². The van der Waals surface area contributed by atoms with E-state index in [-0.39, 0.29) is 31.9 Å². The molecule has 174 valence electrons. The Morgan fingerprint density at radius 2 is 1.85 bits per heavy atom. The molecule has 8 heteroatoms. The van der Waals surface area contributed by atoms with Crippen molar-refractivity contribution < 1.29 is 34.0 Å². The van der Waals surface area contributed by atoms with Crippen LogP contribution >= 0.6 is 0 Å². The SMILES string of the molecule is COc1ccc(C2C(C(=O)C=Cc3ccccc3)=C(O)C(=O)N2CCOCCO)c(OC)c1. The maximum Gasteiger partial charge on any atom is 0.290 e. The number of methoxy groups -OCH3 is 2. The molecule has 33 heavy (non-hydrogen) atoms. The van der Waals surface area contributed by atoms with E-state index in [0.717, 1.165) is 5.56 Å². The number of hydrogen-bond acceptors (Lipinski definition) is 7. The third kappa shape index (κ3) is 5.42. The molecule has 0 fully saturated rings. The highest BCUT2D eigenvalue weighted by Gasteiger charge is 2.43. The molecule has 0 spiro atoms. The molecule has 0 bridgehead atoms. The Bertz CT molecular complexity index is 1050. The van der Waals surface area contributed by atoms with E-state index in [0.29, 0.717) is 17.1 Å². The van der Waals surface area contributed by atoms with Crippen molar-refractivity contribution in [1.29, 1.82) is 0 Å². The maximum atomic E-state index is 13.2. The van der Waals surface area contributed by atoms with Crippen LogP contribution in [0.4, 0.5) is 0 Å². The third-order valence-electron chi connectivity index (χ3n) is 5.24. The van der Waals surface area contributed by atoms with E-state index >= 15 is 0 Å². The molecule has 8 nitrogen and oxygen atoms in total. The number of hydrogen-bond donors (Lipinski definition) is 2. The molecule has 0 saturated heterocycles. The molecule has 1 aliphatic heterocycles. The smallest absolute Gasteiger partial charge is 0.290 e. The van der Waals surface area contributed by atoms with Crippen molar-refractivity contribution in [3.63, 3.8) is 0 Å². The van der Waals surface area contributed by atoms with Gasteiger partial charge in [0.05, 0.1) is 45.7 Å². The van der Waals surface area contributed by atoms with Crippen LogP contribution in [-0.2, 0) is 14.3 Å². The van der Waals surface area contributed by atoms with E-state index in [4.69, 9.17) is 19.3 Å². The standard InChI is InChI=1S/C25H27NO7/c1-31-18-9-10-19(21(16-18)32-2)23-22(20(28)11-8-17-6-4-3-5-7-17)24(29)25(30)26(23)12-14-33-15-13-27/h3-11,16,23,27,29H,12-15H2,1-2H3. The summed E-state index contributed by atoms with van der Waals surface area (Å²) in [5.74, 6) is -0.834. The van der Waals surface area contributed by atoms with Gasteiger partial charge in [-0.1, -0.05) is 36.4 Å². The molecule has 1 aliphatic rings. The first-order valence-corrected chi connectivity index (χ1v) is 10.4. The summed E-state index contributed by atoms with van der Waals surface area (Å²) < 4.78 is 16.1. The Balaban J connectivity index is 2.00. The molecule has 0 aliphatic carbocycles. The number of carbonyl (C=O) groups excluding carboxylic acids is 2. The molecule has 2 N–H and O–H groups in total. The van der Waals surface area contributed by atoms with Crippen LogP contribution in [0.2, 0.25) is 0 Å². The van der Waals surface area contributed by atoms with Gasteiger partial charge in [-0.2, -0.15) is 0 Å². The van der Waals surface area contributed by atoms with Crippen LogP contribution in [0, 0.1) is 0 Å². The van der Waals surface area contributed by atoms with Crippen molar-refractivity contribution in [3.8, 4) is 11.5 Å². The molecule has 1 atom stereocenters. The van der Waals surface area contributed by atoms with Crippen LogP contribution in [0.1, 0.15) is 17.2 Å². The van der Waals surface area contributed by atoms with Gasteiger partial charge in [-0.25, -0.2) is 0 Å². The molecule has 2 aromatic carbocycles. The monoisotopic (exact) mass is 453 g/mol. The second kappa shape index (κ2) is 11.3. The molecule has 0 aromatic heterocycles. The average molecular weight is 453 g/mol. The lowest BCUT2D eigenvalue weighted by molar-refractivity contribution is -0.130. The van der Waals surface area contributed by atoms with E-state index < -0.39 is 23.5 Å². The minimum absolute atomic E-state index is 0.0437. The highest BCUT2D eigenvalue weighted by atomic mass is 16.5. The number of nitrogens with zero attached hydrogens (tertiary/aromatic N) is 1. The van der Waals surface area contributed by atoms with Gasteiger partial charge >= 0.3 is 0 Å². The van der Waals surface area contributed by atoms with Crippen molar-refractivity contribution in [1.82, 2.24) is 4.90 Å². The fourth-order valence-electron chi connectivity index (χ4n) is 3.66. The molecule has 1 amide bonds. The normalized spacial score (nSPS) is 16.0. The van der Waals surface area contributed by atoms with Crippen LogP contribution in [0.25, 0.3) is 6.08 Å². The second-order valence-electron chi connectivity index (χ2n) is 7.22. The largest absolute Gasteiger partial charge is 0.503 e. The first-order chi connectivity index (χ1) is 16.0. The predicted octanol–water partition coefficient (Wildman–Crippen LogP) is 2.69. The van der Waals surface area contributed by atoms with Crippen LogP contribution in [0.15, 0.2) is 65.9 Å². The van der Waals surface area contributed by atoms with E-state index in [2.05, 4.69) is 0 Å². The summed E-state index contributed by atoms with van der Waals surface area (Å²) in [7, 11) is 3.00. The van der Waals surface area contributed by atoms with E-state index in [9.17, 15) is 14.7 Å². The fourth-order valence-corrected chi connectivity index (χ4v) is 3.66. The summed E-state index contributed by atoms with van der Waals surface area (Å²) >= 11 is 0. The van der Waals surface area contributed by atoms with Gasteiger partial charge < -0.3 is 29.3 Å². The summed E-state index contributed by atoms with van der Waals surface area (Å²) in [4.78, 5) is 27.5. The van der Waals surface area contributed by atoms with E-state index in [1.807, 2.05) is 30.3 Å². The molecule has 0 radical (unpaired) electrons. The predicted molar refractivity (Wildman–Crippen MR) is 122 cm³/mol. The number of allylic oxidation sites excluding steroid dienone is 1. The molecule has 1 heterocycles. The maximum absolute atomic E-state index is 13.2. The highest BCUT2D eigenvalue weighted by molar-refractivity contribution is 6.14. The van der Waals surface area contributed by atoms with Gasteiger partial charge in [-0.15, -0.1) is 0 Å². The second-order valence-corrected chi connectivity index (χ2v) is 7.22. The first kappa shape index (κ1) is 24.0. The molecule has 0 saturated carbocycles. The Hall–Kier alpha value is -3.62. The highest BCUT2D eigenvalue weighted by Crippen LogP contribution is 2.42. The van der Waals surface area contributed by atoms with Gasteiger partial charge in [-0.3, -0.25) is 9.59 Å². The van der Waals surface area contributed by atoms with Gasteiger partial charge in [0.2, 0.25) is 0 Å². The molecular weight excluding hydrogens is 426 g/mol. The number of ketones is 1. The number of amides is 1. The number of aliphatic hydroxyl groups excluding tert-OH is 2. The van der Waals surface area contributed by atoms with Crippen LogP contribution < -0.4 is 9.47 Å². The number of rotatable bonds is 11. The number of ether oxygens (including phenoxy) is 3. The minimum atomic E-state index is -0.885. The molecule has 1 unspecified atom stereocenters. The third-order valence-corrected chi connectivity index (χ3v) is 5.24. The van der Waals surface area contributed by atoms with Crippen molar-refractivity contribution in [2.45, 2.75) is 6.04 Å². The molecule has 2 aromatic rings. The fraction of sp³-hybridized carbons (Fsp3) is 0.280. The van der Waals surface area contributed by atoms with E-state index in [1.54, 1.807) is 24.3 Å². The number of aliphatic hydroxyl groups is 2. The van der Waals surface area contributed by atoms with Crippen molar-refractivity contribution >= 4 is 17.8 Å². The molecule has 3 rings (SSSR count). The van der Waals surface area contributed by atoms with Crippen LogP contribution in [0.3, 0.4) is 0 Å². The topological polar surface area (TPSA) is 106 Å². The first-order valence-electron chi connectivity index (χ1n) is 10.4. The summed E-state index contributed by atoms with van der Waals surface area (Å²) in [6.07, 6.45) is 2.96. The quantitative estimate of drug-likeness (QED) is 0.398. The minimum Gasteiger partial charge on any atom is -0.503 e. The van der Waals surface area contributed by atoms with Crippen molar-refractivity contribution in [2.24, 2.45) is 0 Å². The Morgan fingerprint density at radius 1 is 1.09 bits per heavy atom. The number of benzene rings is 2. The summed E-state index contributed by atoms with van der Waals surface area (Å²) in [6, 6.07) is 13.4. The average Bonchev–Trinajstić information content (AvgIpc) is 3.10. The van der Waals surface area contributed by atoms with Crippen LogP contribution in [-0.4, -0.2) is 67.4 Å². The zero-order valence-electron chi connectivity index (χ0n) is 18.6. The summed E-state index contributed by atoms with van der Waals surface area (Å²) in [6.45, 7) is 0.183. The van der Waals surface area contributed by atoms with Gasteiger partial charge in [0.25, 0.3) is 5.91 Å². The van der Waals surface area contributed by atoms with Gasteiger partial charge in [0.15, 0.2) is 11.5 Å². The summed E-state index contributed by atoms with van der Waals surface area (Å²) in [5.41, 5.74) is 1.29. The summed E-state index contributed by atoms with van der Waals surface area (Å²) in [5, 5.41) is 19.6. The lowest BCUT2D eigenvalue weighted by Gasteiger charge is -2.27. The van der Waals surface area contributed by atoms with E-state index in [1.165, 1.54) is 25.2 Å². The van der Waals surface area contributed by atoms with Crippen LogP contribution in [0.5, 0.6) is 11.5 Å². The van der Waals surface area contributed by atoms with Crippen molar-refractivity contribution in [3.05, 3.63) is 77.1 Å². The van der Waals surface area contributed by atoms with Gasteiger partial charge in [-0.05, 0) is 23.8 Å². The lowest BCUT2D eigenvalue weighted by atomic mass is 9.94. The van der Waals surface area contributed by atoms with Gasteiger partial charge in [0.1, 0.15) is 11.5 Å². The zero-order valence-corrected chi connectivity index (χ0v) is 18.6. The Kier molecular flexibility index (Phi) is 8.23. The number of carbonyl (C=O) groups is 2. The van der Waals surface area contributed by atoms with Crippen molar-refractivity contribution in [2.75, 3.05) is 40.6 Å². The van der Waals surface area contributed by atoms with Gasteiger partial charge in [0, 0.05) is 18.2 Å². The Morgan fingerprint density at radius 3 is 2.52 bits per heavy atom. The lowest BCUT2D eigenvalue weighted by Crippen LogP contribution is -2.34. The molecular formula is C25H27NO7.